The Kier molecular flexibility index (Phi) is 4.18. The Morgan fingerprint density at radius 3 is 2.74 bits per heavy atom. The lowest BCUT2D eigenvalue weighted by Crippen LogP contribution is -2.12. The summed E-state index contributed by atoms with van der Waals surface area (Å²) in [5.41, 5.74) is 8.30. The molecule has 4 N–H and O–H groups in total. The number of benzene rings is 2. The van der Waals surface area contributed by atoms with E-state index in [0.29, 0.717) is 17.1 Å². The van der Waals surface area contributed by atoms with Crippen molar-refractivity contribution in [3.8, 4) is 11.5 Å². The van der Waals surface area contributed by atoms with Crippen LogP contribution in [0.4, 0.5) is 0 Å². The molecule has 7 heteroatoms. The van der Waals surface area contributed by atoms with Gasteiger partial charge < -0.3 is 15.5 Å². The van der Waals surface area contributed by atoms with Crippen molar-refractivity contribution in [1.82, 2.24) is 20.2 Å². The fraction of sp³-hybridized carbons (Fsp3) is 0.0500. The van der Waals surface area contributed by atoms with Gasteiger partial charge in [-0.2, -0.15) is 5.10 Å². The maximum absolute atomic E-state index is 11.5. The zero-order valence-corrected chi connectivity index (χ0v) is 14.6. The number of rotatable bonds is 5. The number of ether oxygens (including phenoxy) is 1. The predicted molar refractivity (Wildman–Crippen MR) is 103 cm³/mol. The first kappa shape index (κ1) is 16.6. The lowest BCUT2D eigenvalue weighted by molar-refractivity contribution is 0.0999. The highest BCUT2D eigenvalue weighted by atomic mass is 16.5. The summed E-state index contributed by atoms with van der Waals surface area (Å²) >= 11 is 0. The first-order valence-electron chi connectivity index (χ1n) is 8.34. The molecule has 1 amide bonds. The molecule has 0 saturated heterocycles. The van der Waals surface area contributed by atoms with Gasteiger partial charge in [0.2, 0.25) is 5.91 Å². The minimum Gasteiger partial charge on any atom is -0.457 e. The van der Waals surface area contributed by atoms with Gasteiger partial charge in [0.1, 0.15) is 17.3 Å². The zero-order valence-electron chi connectivity index (χ0n) is 14.6. The number of nitrogens with one attached hydrogen (secondary N) is 2. The number of amides is 1. The number of carbonyl (C=O) groups excluding carboxylic acids is 1. The second kappa shape index (κ2) is 6.80. The van der Waals surface area contributed by atoms with Crippen LogP contribution >= 0.6 is 0 Å². The van der Waals surface area contributed by atoms with Crippen molar-refractivity contribution in [1.29, 1.82) is 0 Å². The van der Waals surface area contributed by atoms with Crippen LogP contribution in [0.15, 0.2) is 48.8 Å². The molecule has 0 radical (unpaired) electrons. The van der Waals surface area contributed by atoms with Crippen LogP contribution in [-0.4, -0.2) is 26.1 Å². The zero-order chi connectivity index (χ0) is 18.8. The van der Waals surface area contributed by atoms with Crippen molar-refractivity contribution in [3.05, 3.63) is 71.4 Å². The van der Waals surface area contributed by atoms with Gasteiger partial charge in [0, 0.05) is 29.4 Å². The molecular weight excluding hydrogens is 342 g/mol. The van der Waals surface area contributed by atoms with E-state index in [4.69, 9.17) is 10.5 Å². The summed E-state index contributed by atoms with van der Waals surface area (Å²) < 4.78 is 5.87. The van der Waals surface area contributed by atoms with Gasteiger partial charge in [-0.05, 0) is 48.9 Å². The van der Waals surface area contributed by atoms with E-state index in [2.05, 4.69) is 20.2 Å². The molecule has 134 valence electrons. The fourth-order valence-electron chi connectivity index (χ4n) is 2.80. The summed E-state index contributed by atoms with van der Waals surface area (Å²) in [7, 11) is 0. The lowest BCUT2D eigenvalue weighted by Gasteiger charge is -2.08. The number of imidazole rings is 1. The fourth-order valence-corrected chi connectivity index (χ4v) is 2.80. The van der Waals surface area contributed by atoms with Gasteiger partial charge in [-0.25, -0.2) is 4.98 Å². The van der Waals surface area contributed by atoms with E-state index in [1.807, 2.05) is 43.3 Å². The molecule has 2 aromatic heterocycles. The number of primary amides is 1. The molecule has 2 heterocycles. The van der Waals surface area contributed by atoms with Gasteiger partial charge >= 0.3 is 0 Å². The summed E-state index contributed by atoms with van der Waals surface area (Å²) in [6.45, 7) is 1.83. The van der Waals surface area contributed by atoms with Gasteiger partial charge in [0.25, 0.3) is 0 Å². The van der Waals surface area contributed by atoms with E-state index >= 15 is 0 Å². The predicted octanol–water partition coefficient (Wildman–Crippen LogP) is 3.66. The number of hydrogen-bond donors (Lipinski definition) is 3. The first-order valence-corrected chi connectivity index (χ1v) is 8.34. The van der Waals surface area contributed by atoms with Crippen LogP contribution in [0.1, 0.15) is 27.4 Å². The van der Waals surface area contributed by atoms with Gasteiger partial charge in [-0.1, -0.05) is 6.07 Å². The van der Waals surface area contributed by atoms with Gasteiger partial charge in [0.15, 0.2) is 0 Å². The monoisotopic (exact) mass is 359 g/mol. The molecule has 27 heavy (non-hydrogen) atoms. The molecule has 0 aliphatic rings. The number of aromatic nitrogens is 4. The number of H-pyrrole nitrogens is 2. The topological polar surface area (TPSA) is 110 Å². The Morgan fingerprint density at radius 2 is 1.96 bits per heavy atom. The highest BCUT2D eigenvalue weighted by Gasteiger charge is 2.09. The second-order valence-electron chi connectivity index (χ2n) is 6.07. The maximum Gasteiger partial charge on any atom is 0.249 e. The second-order valence-corrected chi connectivity index (χ2v) is 6.07. The number of carbonyl (C=O) groups is 1. The molecule has 4 rings (SSSR count). The molecule has 0 aliphatic carbocycles. The summed E-state index contributed by atoms with van der Waals surface area (Å²) in [6, 6.07) is 10.9. The van der Waals surface area contributed by atoms with Crippen LogP contribution in [0.3, 0.4) is 0 Å². The average molecular weight is 359 g/mol. The number of aromatic amines is 2. The third-order valence-electron chi connectivity index (χ3n) is 4.19. The molecule has 0 fully saturated rings. The Morgan fingerprint density at radius 1 is 1.15 bits per heavy atom. The smallest absolute Gasteiger partial charge is 0.249 e. The molecule has 0 unspecified atom stereocenters. The normalized spacial score (nSPS) is 11.3. The van der Waals surface area contributed by atoms with Crippen LogP contribution in [0.25, 0.3) is 23.1 Å². The average Bonchev–Trinajstić information content (AvgIpc) is 3.30. The van der Waals surface area contributed by atoms with Crippen LogP contribution in [0.5, 0.6) is 11.5 Å². The van der Waals surface area contributed by atoms with Crippen molar-refractivity contribution in [3.63, 3.8) is 0 Å². The highest BCUT2D eigenvalue weighted by molar-refractivity contribution is 5.94. The number of nitrogens with zero attached hydrogens (tertiary/aromatic N) is 2. The van der Waals surface area contributed by atoms with E-state index in [1.54, 1.807) is 24.5 Å². The van der Waals surface area contributed by atoms with Crippen LogP contribution in [0, 0.1) is 6.92 Å². The molecule has 0 atom stereocenters. The summed E-state index contributed by atoms with van der Waals surface area (Å²) in [5, 5.41) is 8.28. The van der Waals surface area contributed by atoms with Gasteiger partial charge in [-0.3, -0.25) is 9.89 Å². The minimum absolute atomic E-state index is 0.445. The Balaban J connectivity index is 1.59. The van der Waals surface area contributed by atoms with Crippen molar-refractivity contribution in [2.45, 2.75) is 6.92 Å². The summed E-state index contributed by atoms with van der Waals surface area (Å²) in [4.78, 5) is 18.7. The van der Waals surface area contributed by atoms with Crippen LogP contribution < -0.4 is 10.5 Å². The Hall–Kier alpha value is -3.87. The maximum atomic E-state index is 11.5. The van der Waals surface area contributed by atoms with E-state index in [0.717, 1.165) is 28.0 Å². The van der Waals surface area contributed by atoms with Crippen LogP contribution in [0.2, 0.25) is 0 Å². The van der Waals surface area contributed by atoms with Gasteiger partial charge in [0.05, 0.1) is 11.2 Å². The molecular formula is C20H17N5O2. The van der Waals surface area contributed by atoms with E-state index in [-0.39, 0.29) is 0 Å². The third kappa shape index (κ3) is 3.43. The van der Waals surface area contributed by atoms with Crippen molar-refractivity contribution < 1.29 is 9.53 Å². The number of fused-ring (bicyclic) bond motifs is 1. The largest absolute Gasteiger partial charge is 0.457 e. The number of nitrogens with two attached hydrogens (primary N) is 1. The van der Waals surface area contributed by atoms with Crippen molar-refractivity contribution >= 4 is 29.0 Å². The number of hydrogen-bond acceptors (Lipinski definition) is 4. The molecule has 0 bridgehead atoms. The molecule has 7 nitrogen and oxygen atoms in total. The SMILES string of the molecule is Cc1ccc(Oc2ccc3c(C=Cc4ncc[nH]4)n[nH]c3c2)cc1C(N)=O. The van der Waals surface area contributed by atoms with E-state index in [9.17, 15) is 4.79 Å². The molecule has 4 aromatic rings. The van der Waals surface area contributed by atoms with Crippen LogP contribution in [-0.2, 0) is 0 Å². The Bertz CT molecular complexity index is 1140. The third-order valence-corrected chi connectivity index (χ3v) is 4.19. The minimum atomic E-state index is -0.477. The van der Waals surface area contributed by atoms with Crippen molar-refractivity contribution in [2.24, 2.45) is 5.73 Å². The quantitative estimate of drug-likeness (QED) is 0.505. The summed E-state index contributed by atoms with van der Waals surface area (Å²) in [6.07, 6.45) is 7.20. The summed E-state index contributed by atoms with van der Waals surface area (Å²) in [5.74, 6) is 1.46. The lowest BCUT2D eigenvalue weighted by atomic mass is 10.1. The highest BCUT2D eigenvalue weighted by Crippen LogP contribution is 2.28. The van der Waals surface area contributed by atoms with Gasteiger partial charge in [-0.15, -0.1) is 0 Å². The standard InChI is InChI=1S/C20H17N5O2/c1-12-2-3-13(10-16(12)20(21)26)27-14-4-5-15-17(24-25-18(15)11-14)6-7-19-22-8-9-23-19/h2-11H,1H3,(H2,21,26)(H,22,23)(H,24,25). The molecule has 0 aliphatic heterocycles. The first-order chi connectivity index (χ1) is 13.1. The van der Waals surface area contributed by atoms with Crippen molar-refractivity contribution in [2.75, 3.05) is 0 Å². The molecule has 0 spiro atoms. The number of aryl methyl sites for hydroxylation is 1. The molecule has 0 saturated carbocycles. The van der Waals surface area contributed by atoms with E-state index in [1.165, 1.54) is 0 Å². The van der Waals surface area contributed by atoms with E-state index < -0.39 is 5.91 Å². The molecule has 2 aromatic carbocycles. The Labute approximate surface area is 154 Å².